The van der Waals surface area contributed by atoms with Crippen LogP contribution < -0.4 is 0 Å². The maximum Gasteiger partial charge on any atom is 0.0547 e. The van der Waals surface area contributed by atoms with E-state index in [1.54, 1.807) is 0 Å². The van der Waals surface area contributed by atoms with Gasteiger partial charge in [0.05, 0.1) is 11.0 Å². The third kappa shape index (κ3) is 4.41. The van der Waals surface area contributed by atoms with Gasteiger partial charge in [0.15, 0.2) is 0 Å². The SMILES string of the molecule is CC(c1ccccc1)C(Cc1ccc2c(c1)sc1ccccc12)c1ccc2c(c1)-c1cccc3ccc4c(c13)c1c-2cccc1n4-c1ccccc1. The lowest BCUT2D eigenvalue weighted by atomic mass is 9.77. The van der Waals surface area contributed by atoms with Gasteiger partial charge >= 0.3 is 0 Å². The third-order valence-corrected chi connectivity index (χ3v) is 12.8. The Morgan fingerprint density at radius 2 is 1.21 bits per heavy atom. The van der Waals surface area contributed by atoms with E-state index in [0.717, 1.165) is 6.42 Å². The Bertz CT molecular complexity index is 3000. The van der Waals surface area contributed by atoms with Crippen LogP contribution in [0.4, 0.5) is 0 Å². The molecule has 0 spiro atoms. The molecule has 0 radical (unpaired) electrons. The van der Waals surface area contributed by atoms with Crippen molar-refractivity contribution in [3.8, 4) is 27.9 Å². The minimum Gasteiger partial charge on any atom is -0.309 e. The molecule has 8 aromatic carbocycles. The van der Waals surface area contributed by atoms with Crippen molar-refractivity contribution >= 4 is 64.1 Å². The van der Waals surface area contributed by atoms with E-state index >= 15 is 0 Å². The van der Waals surface area contributed by atoms with Crippen molar-refractivity contribution in [2.24, 2.45) is 0 Å². The summed E-state index contributed by atoms with van der Waals surface area (Å²) >= 11 is 1.91. The van der Waals surface area contributed by atoms with Crippen LogP contribution in [0.5, 0.6) is 0 Å². The van der Waals surface area contributed by atoms with Crippen LogP contribution in [0.3, 0.4) is 0 Å². The van der Waals surface area contributed by atoms with Crippen LogP contribution in [0.15, 0.2) is 170 Å². The zero-order chi connectivity index (χ0) is 34.3. The molecule has 0 aliphatic heterocycles. The predicted molar refractivity (Wildman–Crippen MR) is 223 cm³/mol. The average Bonchev–Trinajstić information content (AvgIpc) is 3.71. The monoisotopic (exact) mass is 681 g/mol. The summed E-state index contributed by atoms with van der Waals surface area (Å²) < 4.78 is 5.18. The van der Waals surface area contributed by atoms with Gasteiger partial charge in [-0.3, -0.25) is 0 Å². The molecule has 2 heterocycles. The van der Waals surface area contributed by atoms with E-state index in [2.05, 4.69) is 181 Å². The molecule has 2 heteroatoms. The minimum atomic E-state index is 0.292. The van der Waals surface area contributed by atoms with Crippen LogP contribution >= 0.6 is 11.3 Å². The highest BCUT2D eigenvalue weighted by Gasteiger charge is 2.27. The molecule has 0 bridgehead atoms. The Balaban J connectivity index is 1.12. The highest BCUT2D eigenvalue weighted by molar-refractivity contribution is 7.25. The standard InChI is InChI=1S/C50H35NS/c1-31(33-12-4-2-5-13-33)42(28-32-22-25-39-38-17-8-9-21-46(38)52-47(39)29-32)35-23-26-37-40-19-11-20-44-49(40)50-45(51(44)36-15-6-3-7-16-36)27-24-34-14-10-18-41(48(34)50)43(37)30-35/h2-27,29-31,42H,28H2,1H3. The number of rotatable bonds is 6. The number of hydrogen-bond donors (Lipinski definition) is 0. The number of hydrogen-bond acceptors (Lipinski definition) is 1. The summed E-state index contributed by atoms with van der Waals surface area (Å²) in [4.78, 5) is 0. The van der Waals surface area contributed by atoms with Gasteiger partial charge in [-0.25, -0.2) is 0 Å². The van der Waals surface area contributed by atoms with Crippen LogP contribution in [0, 0.1) is 0 Å². The van der Waals surface area contributed by atoms with Crippen molar-refractivity contribution in [3.05, 3.63) is 187 Å². The Hall–Kier alpha value is -5.96. The molecule has 0 fully saturated rings. The fourth-order valence-corrected chi connectivity index (χ4v) is 10.4. The summed E-state index contributed by atoms with van der Waals surface area (Å²) in [5.74, 6) is 0.620. The molecule has 0 saturated heterocycles. The Morgan fingerprint density at radius 3 is 2.08 bits per heavy atom. The van der Waals surface area contributed by atoms with E-state index in [4.69, 9.17) is 0 Å². The molecule has 246 valence electrons. The second-order valence-electron chi connectivity index (χ2n) is 14.5. The molecular formula is C50H35NS. The summed E-state index contributed by atoms with van der Waals surface area (Å²) in [6, 6.07) is 63.7. The second-order valence-corrected chi connectivity index (χ2v) is 15.6. The largest absolute Gasteiger partial charge is 0.309 e. The number of thiophene rings is 1. The molecule has 0 saturated carbocycles. The zero-order valence-electron chi connectivity index (χ0n) is 28.9. The summed E-state index contributed by atoms with van der Waals surface area (Å²) in [6.07, 6.45) is 0.969. The van der Waals surface area contributed by atoms with E-state index in [0.29, 0.717) is 11.8 Å². The first-order valence-corrected chi connectivity index (χ1v) is 19.2. The van der Waals surface area contributed by atoms with Gasteiger partial charge in [0.2, 0.25) is 0 Å². The Labute approximate surface area is 307 Å². The normalized spacial score (nSPS) is 13.4. The number of aromatic nitrogens is 1. The van der Waals surface area contributed by atoms with Crippen molar-refractivity contribution in [1.82, 2.24) is 4.57 Å². The van der Waals surface area contributed by atoms with Crippen molar-refractivity contribution < 1.29 is 0 Å². The quantitative estimate of drug-likeness (QED) is 0.165. The highest BCUT2D eigenvalue weighted by Crippen LogP contribution is 2.51. The lowest BCUT2D eigenvalue weighted by molar-refractivity contribution is 0.573. The van der Waals surface area contributed by atoms with Crippen LogP contribution in [0.1, 0.15) is 35.4 Å². The number of benzene rings is 8. The number of fused-ring (bicyclic) bond motifs is 6. The molecular weight excluding hydrogens is 647 g/mol. The Kier molecular flexibility index (Phi) is 6.59. The average molecular weight is 682 g/mol. The summed E-state index contributed by atoms with van der Waals surface area (Å²) in [5, 5.41) is 8.05. The maximum absolute atomic E-state index is 2.54. The first-order valence-electron chi connectivity index (χ1n) is 18.4. The molecule has 1 nitrogen and oxygen atoms in total. The second kappa shape index (κ2) is 11.5. The lowest BCUT2D eigenvalue weighted by Crippen LogP contribution is -2.12. The van der Waals surface area contributed by atoms with Crippen LogP contribution in [-0.2, 0) is 6.42 Å². The van der Waals surface area contributed by atoms with E-state index in [1.807, 2.05) is 11.3 Å². The van der Waals surface area contributed by atoms with E-state index < -0.39 is 0 Å². The molecule has 1 aliphatic rings. The fourth-order valence-electron chi connectivity index (χ4n) is 9.20. The van der Waals surface area contributed by atoms with Crippen molar-refractivity contribution in [2.45, 2.75) is 25.2 Å². The summed E-state index contributed by atoms with van der Waals surface area (Å²) in [5.41, 5.74) is 13.1. The summed E-state index contributed by atoms with van der Waals surface area (Å²) in [7, 11) is 0. The number of para-hydroxylation sites is 1. The molecule has 0 amide bonds. The van der Waals surface area contributed by atoms with Crippen LogP contribution in [0.25, 0.3) is 80.7 Å². The van der Waals surface area contributed by atoms with Gasteiger partial charge in [0, 0.05) is 36.6 Å². The smallest absolute Gasteiger partial charge is 0.0547 e. The van der Waals surface area contributed by atoms with Gasteiger partial charge in [-0.1, -0.05) is 140 Å². The molecule has 2 aromatic heterocycles. The molecule has 52 heavy (non-hydrogen) atoms. The van der Waals surface area contributed by atoms with Gasteiger partial charge in [0.1, 0.15) is 0 Å². The molecule has 10 aromatic rings. The summed E-state index contributed by atoms with van der Waals surface area (Å²) in [6.45, 7) is 2.42. The molecule has 11 rings (SSSR count). The van der Waals surface area contributed by atoms with Gasteiger partial charge in [-0.2, -0.15) is 0 Å². The molecule has 2 atom stereocenters. The fraction of sp³-hybridized carbons (Fsp3) is 0.0800. The van der Waals surface area contributed by atoms with Crippen molar-refractivity contribution in [3.63, 3.8) is 0 Å². The van der Waals surface area contributed by atoms with Crippen LogP contribution in [-0.4, -0.2) is 4.57 Å². The van der Waals surface area contributed by atoms with E-state index in [1.165, 1.54) is 97.4 Å². The van der Waals surface area contributed by atoms with Crippen molar-refractivity contribution in [1.29, 1.82) is 0 Å². The van der Waals surface area contributed by atoms with Crippen LogP contribution in [0.2, 0.25) is 0 Å². The first-order chi connectivity index (χ1) is 25.7. The zero-order valence-corrected chi connectivity index (χ0v) is 29.7. The molecule has 1 aliphatic carbocycles. The van der Waals surface area contributed by atoms with Crippen molar-refractivity contribution in [2.75, 3.05) is 0 Å². The maximum atomic E-state index is 2.54. The lowest BCUT2D eigenvalue weighted by Gasteiger charge is -2.27. The van der Waals surface area contributed by atoms with Gasteiger partial charge < -0.3 is 4.57 Å². The predicted octanol–water partition coefficient (Wildman–Crippen LogP) is 14.1. The first kappa shape index (κ1) is 29.7. The van der Waals surface area contributed by atoms with E-state index in [-0.39, 0.29) is 0 Å². The number of nitrogens with zero attached hydrogens (tertiary/aromatic N) is 1. The molecule has 0 N–H and O–H groups in total. The Morgan fingerprint density at radius 1 is 0.481 bits per heavy atom. The van der Waals surface area contributed by atoms with E-state index in [9.17, 15) is 0 Å². The third-order valence-electron chi connectivity index (χ3n) is 11.7. The van der Waals surface area contributed by atoms with Gasteiger partial charge in [-0.05, 0) is 104 Å². The molecule has 2 unspecified atom stereocenters. The van der Waals surface area contributed by atoms with Gasteiger partial charge in [0.25, 0.3) is 0 Å². The topological polar surface area (TPSA) is 4.93 Å². The highest BCUT2D eigenvalue weighted by atomic mass is 32.1. The minimum absolute atomic E-state index is 0.292. The van der Waals surface area contributed by atoms with Gasteiger partial charge in [-0.15, -0.1) is 11.3 Å².